The first-order valence-corrected chi connectivity index (χ1v) is 9.33. The molecule has 7 nitrogen and oxygen atoms in total. The molecular formula is C21H25N3O4. The molecule has 3 rings (SSSR count). The van der Waals surface area contributed by atoms with Crippen molar-refractivity contribution in [1.82, 2.24) is 10.3 Å². The monoisotopic (exact) mass is 383 g/mol. The predicted octanol–water partition coefficient (Wildman–Crippen LogP) is 2.82. The molecule has 2 heterocycles. The van der Waals surface area contributed by atoms with Crippen molar-refractivity contribution in [1.29, 1.82) is 0 Å². The maximum absolute atomic E-state index is 12.2. The number of carbonyl (C=O) groups is 3. The van der Waals surface area contributed by atoms with Gasteiger partial charge in [0.25, 0.3) is 0 Å². The lowest BCUT2D eigenvalue weighted by Gasteiger charge is -2.22. The van der Waals surface area contributed by atoms with Crippen molar-refractivity contribution in [3.63, 3.8) is 0 Å². The number of anilines is 1. The number of rotatable bonds is 4. The lowest BCUT2D eigenvalue weighted by Crippen LogP contribution is -2.39. The van der Waals surface area contributed by atoms with Crippen LogP contribution in [-0.2, 0) is 19.1 Å². The number of aryl methyl sites for hydroxylation is 1. The van der Waals surface area contributed by atoms with Crippen LogP contribution in [0, 0.1) is 6.92 Å². The Kier molecular flexibility index (Phi) is 5.36. The molecule has 2 aromatic rings. The van der Waals surface area contributed by atoms with Crippen molar-refractivity contribution < 1.29 is 19.1 Å². The van der Waals surface area contributed by atoms with E-state index in [4.69, 9.17) is 4.74 Å². The van der Waals surface area contributed by atoms with Crippen LogP contribution in [0.2, 0.25) is 0 Å². The number of piperidine rings is 1. The summed E-state index contributed by atoms with van der Waals surface area (Å²) in [6.45, 7) is 7.40. The van der Waals surface area contributed by atoms with Crippen molar-refractivity contribution in [3.8, 4) is 0 Å². The minimum absolute atomic E-state index is 0.0576. The van der Waals surface area contributed by atoms with Gasteiger partial charge in [-0.05, 0) is 63.9 Å². The second-order valence-electron chi connectivity index (χ2n) is 8.01. The molecule has 1 fully saturated rings. The van der Waals surface area contributed by atoms with E-state index < -0.39 is 5.60 Å². The average Bonchev–Trinajstić information content (AvgIpc) is 2.58. The van der Waals surface area contributed by atoms with Crippen molar-refractivity contribution in [2.24, 2.45) is 0 Å². The molecule has 1 aromatic carbocycles. The molecule has 7 heteroatoms. The summed E-state index contributed by atoms with van der Waals surface area (Å²) < 4.78 is 5.30. The first-order chi connectivity index (χ1) is 13.1. The Labute approximate surface area is 163 Å². The summed E-state index contributed by atoms with van der Waals surface area (Å²) in [4.78, 5) is 40.1. The Morgan fingerprint density at radius 1 is 1.29 bits per heavy atom. The van der Waals surface area contributed by atoms with E-state index in [1.54, 1.807) is 0 Å². The summed E-state index contributed by atoms with van der Waals surface area (Å²) in [6.07, 6.45) is 0.806. The molecular weight excluding hydrogens is 358 g/mol. The Morgan fingerprint density at radius 2 is 2.04 bits per heavy atom. The molecule has 0 bridgehead atoms. The molecule has 1 atom stereocenters. The van der Waals surface area contributed by atoms with Gasteiger partial charge in [0.2, 0.25) is 11.8 Å². The van der Waals surface area contributed by atoms with Gasteiger partial charge in [0.1, 0.15) is 12.1 Å². The standard InChI is InChI=1S/C21H25N3O4/c1-12-16(15-6-8-18(25)24-20(15)27)10-13-9-14(5-7-17(13)23-12)22-11-19(26)28-21(2,3)4/h5,7,9-10,15,22H,6,8,11H2,1-4H3,(H,24,25,27). The number of benzene rings is 1. The molecule has 148 valence electrons. The summed E-state index contributed by atoms with van der Waals surface area (Å²) in [5.41, 5.74) is 2.63. The topological polar surface area (TPSA) is 97.4 Å². The Balaban J connectivity index is 1.81. The number of fused-ring (bicyclic) bond motifs is 1. The summed E-state index contributed by atoms with van der Waals surface area (Å²) >= 11 is 0. The van der Waals surface area contributed by atoms with E-state index in [-0.39, 0.29) is 30.2 Å². The molecule has 1 aliphatic heterocycles. The van der Waals surface area contributed by atoms with Crippen LogP contribution < -0.4 is 10.6 Å². The van der Waals surface area contributed by atoms with Crippen molar-refractivity contribution >= 4 is 34.4 Å². The van der Waals surface area contributed by atoms with Crippen LogP contribution in [0.3, 0.4) is 0 Å². The molecule has 1 saturated heterocycles. The minimum atomic E-state index is -0.527. The van der Waals surface area contributed by atoms with E-state index in [1.807, 2.05) is 52.0 Å². The zero-order valence-corrected chi connectivity index (χ0v) is 16.6. The van der Waals surface area contributed by atoms with Crippen LogP contribution >= 0.6 is 0 Å². The molecule has 1 aromatic heterocycles. The molecule has 0 spiro atoms. The summed E-state index contributed by atoms with van der Waals surface area (Å²) in [5, 5.41) is 6.32. The van der Waals surface area contributed by atoms with Crippen LogP contribution in [0.25, 0.3) is 10.9 Å². The molecule has 1 aliphatic rings. The maximum Gasteiger partial charge on any atom is 0.325 e. The number of nitrogens with zero attached hydrogens (tertiary/aromatic N) is 1. The normalized spacial score (nSPS) is 17.4. The fourth-order valence-electron chi connectivity index (χ4n) is 3.29. The van der Waals surface area contributed by atoms with Gasteiger partial charge in [-0.15, -0.1) is 0 Å². The van der Waals surface area contributed by atoms with Gasteiger partial charge < -0.3 is 10.1 Å². The number of hydrogen-bond donors (Lipinski definition) is 2. The highest BCUT2D eigenvalue weighted by molar-refractivity contribution is 6.01. The van der Waals surface area contributed by atoms with Gasteiger partial charge >= 0.3 is 5.97 Å². The zero-order chi connectivity index (χ0) is 20.5. The fourth-order valence-corrected chi connectivity index (χ4v) is 3.29. The Bertz CT molecular complexity index is 947. The van der Waals surface area contributed by atoms with E-state index in [1.165, 1.54) is 0 Å². The lowest BCUT2D eigenvalue weighted by atomic mass is 9.89. The first-order valence-electron chi connectivity index (χ1n) is 9.33. The average molecular weight is 383 g/mol. The molecule has 2 N–H and O–H groups in total. The van der Waals surface area contributed by atoms with Gasteiger partial charge in [-0.3, -0.25) is 24.7 Å². The summed E-state index contributed by atoms with van der Waals surface area (Å²) in [5.74, 6) is -1.23. The molecule has 2 amide bonds. The third kappa shape index (κ3) is 4.65. The van der Waals surface area contributed by atoms with Crippen LogP contribution in [0.4, 0.5) is 5.69 Å². The molecule has 0 radical (unpaired) electrons. The maximum atomic E-state index is 12.2. The van der Waals surface area contributed by atoms with Gasteiger partial charge in [0.05, 0.1) is 11.4 Å². The number of imide groups is 1. The van der Waals surface area contributed by atoms with Gasteiger partial charge in [-0.2, -0.15) is 0 Å². The lowest BCUT2D eigenvalue weighted by molar-refractivity contribution is -0.152. The van der Waals surface area contributed by atoms with Gasteiger partial charge in [-0.25, -0.2) is 0 Å². The third-order valence-corrected chi connectivity index (χ3v) is 4.52. The van der Waals surface area contributed by atoms with Gasteiger partial charge in [-0.1, -0.05) is 0 Å². The second kappa shape index (κ2) is 7.58. The minimum Gasteiger partial charge on any atom is -0.459 e. The van der Waals surface area contributed by atoms with E-state index in [0.717, 1.165) is 27.8 Å². The van der Waals surface area contributed by atoms with Crippen molar-refractivity contribution in [3.05, 3.63) is 35.5 Å². The Hall–Kier alpha value is -2.96. The largest absolute Gasteiger partial charge is 0.459 e. The number of pyridine rings is 1. The number of esters is 1. The highest BCUT2D eigenvalue weighted by Gasteiger charge is 2.29. The van der Waals surface area contributed by atoms with Crippen molar-refractivity contribution in [2.75, 3.05) is 11.9 Å². The number of aromatic nitrogens is 1. The summed E-state index contributed by atoms with van der Waals surface area (Å²) in [6, 6.07) is 7.55. The molecule has 1 unspecified atom stereocenters. The predicted molar refractivity (Wildman–Crippen MR) is 106 cm³/mol. The van der Waals surface area contributed by atoms with Crippen molar-refractivity contribution in [2.45, 2.75) is 52.1 Å². The summed E-state index contributed by atoms with van der Waals surface area (Å²) in [7, 11) is 0. The number of nitrogens with one attached hydrogen (secondary N) is 2. The Morgan fingerprint density at radius 3 is 2.71 bits per heavy atom. The van der Waals surface area contributed by atoms with Crippen LogP contribution in [0.5, 0.6) is 0 Å². The number of ether oxygens (including phenoxy) is 1. The van der Waals surface area contributed by atoms with Gasteiger partial charge in [0, 0.05) is 23.2 Å². The highest BCUT2D eigenvalue weighted by Crippen LogP contribution is 2.30. The highest BCUT2D eigenvalue weighted by atomic mass is 16.6. The van der Waals surface area contributed by atoms with E-state index in [0.29, 0.717) is 12.8 Å². The van der Waals surface area contributed by atoms with Crippen LogP contribution in [-0.4, -0.2) is 34.9 Å². The number of amides is 2. The first kappa shape index (κ1) is 19.8. The van der Waals surface area contributed by atoms with E-state index in [9.17, 15) is 14.4 Å². The quantitative estimate of drug-likeness (QED) is 0.622. The molecule has 0 aliphatic carbocycles. The molecule has 0 saturated carbocycles. The number of hydrogen-bond acceptors (Lipinski definition) is 6. The van der Waals surface area contributed by atoms with Crippen LogP contribution in [0.1, 0.15) is 50.8 Å². The van der Waals surface area contributed by atoms with Gasteiger partial charge in [0.15, 0.2) is 0 Å². The SMILES string of the molecule is Cc1nc2ccc(NCC(=O)OC(C)(C)C)cc2cc1C1CCC(=O)NC1=O. The molecule has 28 heavy (non-hydrogen) atoms. The second-order valence-corrected chi connectivity index (χ2v) is 8.01. The van der Waals surface area contributed by atoms with E-state index in [2.05, 4.69) is 15.6 Å². The van der Waals surface area contributed by atoms with Crippen LogP contribution in [0.15, 0.2) is 24.3 Å². The van der Waals surface area contributed by atoms with E-state index >= 15 is 0 Å². The fraction of sp³-hybridized carbons (Fsp3) is 0.429. The number of carbonyl (C=O) groups excluding carboxylic acids is 3. The zero-order valence-electron chi connectivity index (χ0n) is 16.6. The smallest absolute Gasteiger partial charge is 0.325 e. The third-order valence-electron chi connectivity index (χ3n) is 4.52.